The summed E-state index contributed by atoms with van der Waals surface area (Å²) in [6.07, 6.45) is 7.35. The average Bonchev–Trinajstić information content (AvgIpc) is 2.76. The number of hydrogen-bond acceptors (Lipinski definition) is 3. The zero-order valence-electron chi connectivity index (χ0n) is 12.9. The van der Waals surface area contributed by atoms with Gasteiger partial charge in [0.2, 0.25) is 5.91 Å². The van der Waals surface area contributed by atoms with E-state index in [1.807, 2.05) is 24.3 Å². The summed E-state index contributed by atoms with van der Waals surface area (Å²) in [6.45, 7) is 1.07. The minimum absolute atomic E-state index is 0.107. The molecule has 2 rings (SSSR count). The second-order valence-electron chi connectivity index (χ2n) is 5.71. The van der Waals surface area contributed by atoms with Crippen molar-refractivity contribution in [2.24, 2.45) is 0 Å². The number of rotatable bonds is 6. The predicted molar refractivity (Wildman–Crippen MR) is 84.3 cm³/mol. The van der Waals surface area contributed by atoms with Gasteiger partial charge in [-0.2, -0.15) is 0 Å². The smallest absolute Gasteiger partial charge is 0.234 e. The van der Waals surface area contributed by atoms with E-state index in [-0.39, 0.29) is 5.91 Å². The van der Waals surface area contributed by atoms with Gasteiger partial charge in [0.05, 0.1) is 13.7 Å². The molecular formula is C17H26N2O2. The Morgan fingerprint density at radius 1 is 1.14 bits per heavy atom. The Morgan fingerprint density at radius 3 is 2.43 bits per heavy atom. The van der Waals surface area contributed by atoms with Crippen LogP contribution in [0.5, 0.6) is 5.75 Å². The highest BCUT2D eigenvalue weighted by molar-refractivity contribution is 5.78. The van der Waals surface area contributed by atoms with E-state index in [4.69, 9.17) is 4.74 Å². The Morgan fingerprint density at radius 2 is 1.81 bits per heavy atom. The molecule has 0 radical (unpaired) electrons. The third kappa shape index (κ3) is 5.76. The lowest BCUT2D eigenvalue weighted by Crippen LogP contribution is -2.40. The number of methoxy groups -OCH3 is 1. The van der Waals surface area contributed by atoms with E-state index in [0.29, 0.717) is 19.1 Å². The molecule has 21 heavy (non-hydrogen) atoms. The highest BCUT2D eigenvalue weighted by Gasteiger charge is 2.14. The Balaban J connectivity index is 1.66. The van der Waals surface area contributed by atoms with Crippen LogP contribution in [-0.4, -0.2) is 25.6 Å². The van der Waals surface area contributed by atoms with Gasteiger partial charge in [-0.3, -0.25) is 4.79 Å². The number of carbonyl (C=O) groups is 1. The van der Waals surface area contributed by atoms with Crippen LogP contribution in [0, 0.1) is 0 Å². The van der Waals surface area contributed by atoms with Crippen molar-refractivity contribution < 1.29 is 9.53 Å². The van der Waals surface area contributed by atoms with E-state index >= 15 is 0 Å². The van der Waals surface area contributed by atoms with Gasteiger partial charge in [0, 0.05) is 12.6 Å². The molecule has 1 aromatic rings. The minimum Gasteiger partial charge on any atom is -0.497 e. The highest BCUT2D eigenvalue weighted by atomic mass is 16.5. The third-order valence-electron chi connectivity index (χ3n) is 3.99. The van der Waals surface area contributed by atoms with Crippen LogP contribution in [0.4, 0.5) is 0 Å². The van der Waals surface area contributed by atoms with Gasteiger partial charge in [-0.15, -0.1) is 0 Å². The van der Waals surface area contributed by atoms with E-state index in [0.717, 1.165) is 24.2 Å². The molecule has 0 aromatic heterocycles. The molecule has 0 heterocycles. The van der Waals surface area contributed by atoms with Crippen molar-refractivity contribution in [3.63, 3.8) is 0 Å². The molecule has 4 nitrogen and oxygen atoms in total. The van der Waals surface area contributed by atoms with Crippen molar-refractivity contribution in [3.05, 3.63) is 29.8 Å². The standard InChI is InChI=1S/C17H26N2O2/c1-21-16-10-8-14(9-11-16)12-18-13-17(20)19-15-6-4-2-3-5-7-15/h8-11,15,18H,2-7,12-13H2,1H3,(H,19,20). The quantitative estimate of drug-likeness (QED) is 0.792. The molecule has 1 aliphatic carbocycles. The molecule has 0 bridgehead atoms. The highest BCUT2D eigenvalue weighted by Crippen LogP contribution is 2.17. The number of benzene rings is 1. The monoisotopic (exact) mass is 290 g/mol. The zero-order chi connectivity index (χ0) is 14.9. The molecule has 1 fully saturated rings. The summed E-state index contributed by atoms with van der Waals surface area (Å²) in [5, 5.41) is 6.33. The molecule has 1 aromatic carbocycles. The topological polar surface area (TPSA) is 50.4 Å². The molecular weight excluding hydrogens is 264 g/mol. The Bertz CT molecular complexity index is 423. The van der Waals surface area contributed by atoms with Gasteiger partial charge >= 0.3 is 0 Å². The van der Waals surface area contributed by atoms with E-state index in [9.17, 15) is 4.79 Å². The van der Waals surface area contributed by atoms with Gasteiger partial charge in [0.25, 0.3) is 0 Å². The van der Waals surface area contributed by atoms with Gasteiger partial charge < -0.3 is 15.4 Å². The zero-order valence-corrected chi connectivity index (χ0v) is 12.9. The summed E-state index contributed by atoms with van der Waals surface area (Å²) in [5.74, 6) is 0.959. The van der Waals surface area contributed by atoms with Crippen molar-refractivity contribution in [1.82, 2.24) is 10.6 Å². The molecule has 0 spiro atoms. The SMILES string of the molecule is COc1ccc(CNCC(=O)NC2CCCCCC2)cc1. The van der Waals surface area contributed by atoms with Crippen molar-refractivity contribution in [2.45, 2.75) is 51.1 Å². The van der Waals surface area contributed by atoms with Crippen molar-refractivity contribution in [1.29, 1.82) is 0 Å². The summed E-state index contributed by atoms with van der Waals surface area (Å²) < 4.78 is 5.12. The third-order valence-corrected chi connectivity index (χ3v) is 3.99. The van der Waals surface area contributed by atoms with Crippen molar-refractivity contribution >= 4 is 5.91 Å². The van der Waals surface area contributed by atoms with Crippen LogP contribution in [0.15, 0.2) is 24.3 Å². The van der Waals surface area contributed by atoms with Crippen LogP contribution in [0.2, 0.25) is 0 Å². The fourth-order valence-corrected chi connectivity index (χ4v) is 2.77. The fourth-order valence-electron chi connectivity index (χ4n) is 2.77. The average molecular weight is 290 g/mol. The molecule has 2 N–H and O–H groups in total. The summed E-state index contributed by atoms with van der Waals surface area (Å²) in [7, 11) is 1.66. The van der Waals surface area contributed by atoms with Gasteiger partial charge in [-0.05, 0) is 30.5 Å². The van der Waals surface area contributed by atoms with Crippen LogP contribution in [0.1, 0.15) is 44.1 Å². The lowest BCUT2D eigenvalue weighted by Gasteiger charge is -2.16. The predicted octanol–water partition coefficient (Wildman–Crippen LogP) is 2.62. The number of nitrogens with one attached hydrogen (secondary N) is 2. The second-order valence-corrected chi connectivity index (χ2v) is 5.71. The lowest BCUT2D eigenvalue weighted by molar-refractivity contribution is -0.121. The summed E-state index contributed by atoms with van der Waals surface area (Å²) in [4.78, 5) is 11.9. The molecule has 0 atom stereocenters. The van der Waals surface area contributed by atoms with E-state index in [1.165, 1.54) is 25.7 Å². The minimum atomic E-state index is 0.107. The van der Waals surface area contributed by atoms with E-state index in [2.05, 4.69) is 10.6 Å². The van der Waals surface area contributed by atoms with Crippen LogP contribution in [0.25, 0.3) is 0 Å². The first-order valence-electron chi connectivity index (χ1n) is 7.91. The number of amides is 1. The van der Waals surface area contributed by atoms with Crippen LogP contribution in [0.3, 0.4) is 0 Å². The molecule has 0 aliphatic heterocycles. The van der Waals surface area contributed by atoms with Crippen LogP contribution in [-0.2, 0) is 11.3 Å². The normalized spacial score (nSPS) is 16.2. The summed E-state index contributed by atoms with van der Waals surface area (Å²) >= 11 is 0. The second kappa shape index (κ2) is 8.67. The first-order valence-corrected chi connectivity index (χ1v) is 7.91. The molecule has 0 saturated heterocycles. The summed E-state index contributed by atoms with van der Waals surface area (Å²) in [6, 6.07) is 8.26. The molecule has 1 amide bonds. The number of carbonyl (C=O) groups excluding carboxylic acids is 1. The van der Waals surface area contributed by atoms with Crippen molar-refractivity contribution in [2.75, 3.05) is 13.7 Å². The first kappa shape index (κ1) is 15.8. The fraction of sp³-hybridized carbons (Fsp3) is 0.588. The van der Waals surface area contributed by atoms with Crippen LogP contribution >= 0.6 is 0 Å². The van der Waals surface area contributed by atoms with Gasteiger partial charge in [0.15, 0.2) is 0 Å². The van der Waals surface area contributed by atoms with Crippen LogP contribution < -0.4 is 15.4 Å². The largest absolute Gasteiger partial charge is 0.497 e. The Kier molecular flexibility index (Phi) is 6.54. The molecule has 1 aliphatic rings. The maximum atomic E-state index is 11.9. The number of ether oxygens (including phenoxy) is 1. The molecule has 0 unspecified atom stereocenters. The maximum absolute atomic E-state index is 11.9. The van der Waals surface area contributed by atoms with Gasteiger partial charge in [-0.1, -0.05) is 37.8 Å². The lowest BCUT2D eigenvalue weighted by atomic mass is 10.1. The van der Waals surface area contributed by atoms with Gasteiger partial charge in [0.1, 0.15) is 5.75 Å². The van der Waals surface area contributed by atoms with Gasteiger partial charge in [-0.25, -0.2) is 0 Å². The van der Waals surface area contributed by atoms with Crippen molar-refractivity contribution in [3.8, 4) is 5.75 Å². The maximum Gasteiger partial charge on any atom is 0.234 e. The summed E-state index contributed by atoms with van der Waals surface area (Å²) in [5.41, 5.74) is 1.15. The van der Waals surface area contributed by atoms with E-state index in [1.54, 1.807) is 7.11 Å². The Hall–Kier alpha value is -1.55. The molecule has 1 saturated carbocycles. The molecule has 116 valence electrons. The van der Waals surface area contributed by atoms with E-state index < -0.39 is 0 Å². The number of hydrogen-bond donors (Lipinski definition) is 2. The molecule has 4 heteroatoms. The Labute approximate surface area is 127 Å². The first-order chi connectivity index (χ1) is 10.3.